The Hall–Kier alpha value is -1.22. The molecule has 0 aromatic heterocycles. The van der Waals surface area contributed by atoms with E-state index in [0.29, 0.717) is 12.5 Å². The maximum absolute atomic E-state index is 9.25. The van der Waals surface area contributed by atoms with Crippen molar-refractivity contribution < 1.29 is 5.11 Å². The Morgan fingerprint density at radius 1 is 1.18 bits per heavy atom. The van der Waals surface area contributed by atoms with Gasteiger partial charge in [0.1, 0.15) is 0 Å². The summed E-state index contributed by atoms with van der Waals surface area (Å²) >= 11 is 0. The maximum atomic E-state index is 9.25. The van der Waals surface area contributed by atoms with Crippen LogP contribution in [0.2, 0.25) is 0 Å². The topological polar surface area (TPSA) is 49.5 Å². The second-order valence-corrected chi connectivity index (χ2v) is 6.68. The first-order valence-corrected chi connectivity index (χ1v) is 8.98. The first-order chi connectivity index (χ1) is 10.7. The van der Waals surface area contributed by atoms with Crippen molar-refractivity contribution in [3.8, 4) is 0 Å². The Morgan fingerprint density at radius 3 is 2.64 bits per heavy atom. The van der Waals surface area contributed by atoms with Crippen LogP contribution in [-0.2, 0) is 6.42 Å². The smallest absolute Gasteiger partial charge is 0.0476 e. The van der Waals surface area contributed by atoms with E-state index in [0.717, 1.165) is 31.6 Å². The summed E-state index contributed by atoms with van der Waals surface area (Å²) < 4.78 is 0. The SMILES string of the molecule is CCCCCCCCc1ccc(N2CCC(CO)C2)cc1N. The molecule has 3 N–H and O–H groups in total. The number of rotatable bonds is 9. The zero-order valence-corrected chi connectivity index (χ0v) is 14.1. The highest BCUT2D eigenvalue weighted by atomic mass is 16.3. The van der Waals surface area contributed by atoms with E-state index in [4.69, 9.17) is 5.73 Å². The molecule has 0 bridgehead atoms. The molecule has 0 radical (unpaired) electrons. The van der Waals surface area contributed by atoms with E-state index in [1.54, 1.807) is 0 Å². The number of aliphatic hydroxyl groups excluding tert-OH is 1. The van der Waals surface area contributed by atoms with E-state index >= 15 is 0 Å². The molecule has 1 atom stereocenters. The van der Waals surface area contributed by atoms with Crippen molar-refractivity contribution in [3.63, 3.8) is 0 Å². The van der Waals surface area contributed by atoms with Gasteiger partial charge in [-0.15, -0.1) is 0 Å². The Bertz CT molecular complexity index is 447. The fraction of sp³-hybridized carbons (Fsp3) is 0.684. The van der Waals surface area contributed by atoms with Crippen LogP contribution in [0.25, 0.3) is 0 Å². The zero-order chi connectivity index (χ0) is 15.8. The Balaban J connectivity index is 1.80. The van der Waals surface area contributed by atoms with Crippen molar-refractivity contribution in [2.75, 3.05) is 30.3 Å². The summed E-state index contributed by atoms with van der Waals surface area (Å²) in [7, 11) is 0. The zero-order valence-electron chi connectivity index (χ0n) is 14.1. The number of unbranched alkanes of at least 4 members (excludes halogenated alkanes) is 5. The van der Waals surface area contributed by atoms with Gasteiger partial charge in [0, 0.05) is 37.0 Å². The highest BCUT2D eigenvalue weighted by Gasteiger charge is 2.22. The highest BCUT2D eigenvalue weighted by molar-refractivity contribution is 5.60. The normalized spacial score (nSPS) is 18.1. The number of nitrogens with zero attached hydrogens (tertiary/aromatic N) is 1. The second-order valence-electron chi connectivity index (χ2n) is 6.68. The van der Waals surface area contributed by atoms with Crippen molar-refractivity contribution in [3.05, 3.63) is 23.8 Å². The summed E-state index contributed by atoms with van der Waals surface area (Å²) in [5, 5.41) is 9.25. The van der Waals surface area contributed by atoms with E-state index < -0.39 is 0 Å². The molecule has 1 aliphatic heterocycles. The van der Waals surface area contributed by atoms with Gasteiger partial charge < -0.3 is 15.7 Å². The molecule has 3 heteroatoms. The van der Waals surface area contributed by atoms with Gasteiger partial charge >= 0.3 is 0 Å². The van der Waals surface area contributed by atoms with E-state index in [1.165, 1.54) is 49.8 Å². The molecule has 1 aromatic carbocycles. The van der Waals surface area contributed by atoms with Crippen molar-refractivity contribution in [2.24, 2.45) is 5.92 Å². The molecule has 1 heterocycles. The first kappa shape index (κ1) is 17.1. The summed E-state index contributed by atoms with van der Waals surface area (Å²) in [6.07, 6.45) is 10.1. The number of aryl methyl sites for hydroxylation is 1. The van der Waals surface area contributed by atoms with Crippen LogP contribution in [0.15, 0.2) is 18.2 Å². The molecule has 3 nitrogen and oxygen atoms in total. The molecule has 0 aliphatic carbocycles. The van der Waals surface area contributed by atoms with E-state index in [1.807, 2.05) is 0 Å². The van der Waals surface area contributed by atoms with Crippen LogP contribution in [-0.4, -0.2) is 24.8 Å². The third kappa shape index (κ3) is 4.91. The van der Waals surface area contributed by atoms with Crippen LogP contribution in [0.1, 0.15) is 57.4 Å². The number of nitrogen functional groups attached to an aromatic ring is 1. The third-order valence-corrected chi connectivity index (χ3v) is 4.84. The largest absolute Gasteiger partial charge is 0.398 e. The van der Waals surface area contributed by atoms with Gasteiger partial charge in [-0.25, -0.2) is 0 Å². The lowest BCUT2D eigenvalue weighted by atomic mass is 10.0. The molecule has 1 fully saturated rings. The molecule has 2 rings (SSSR count). The molecule has 1 aromatic rings. The Kier molecular flexibility index (Phi) is 7.04. The van der Waals surface area contributed by atoms with Crippen LogP contribution >= 0.6 is 0 Å². The predicted molar refractivity (Wildman–Crippen MR) is 95.3 cm³/mol. The predicted octanol–water partition coefficient (Wildman–Crippen LogP) is 3.99. The minimum absolute atomic E-state index is 0.294. The molecular formula is C19H32N2O. The highest BCUT2D eigenvalue weighted by Crippen LogP contribution is 2.27. The van der Waals surface area contributed by atoms with Crippen LogP contribution in [0.3, 0.4) is 0 Å². The van der Waals surface area contributed by atoms with Gasteiger partial charge in [0.2, 0.25) is 0 Å². The summed E-state index contributed by atoms with van der Waals surface area (Å²) in [5.74, 6) is 0.420. The Morgan fingerprint density at radius 2 is 1.95 bits per heavy atom. The van der Waals surface area contributed by atoms with Gasteiger partial charge in [0.15, 0.2) is 0 Å². The molecule has 0 saturated carbocycles. The first-order valence-electron chi connectivity index (χ1n) is 8.98. The molecule has 0 spiro atoms. The standard InChI is InChI=1S/C19H32N2O/c1-2-3-4-5-6-7-8-17-9-10-18(13-19(17)20)21-12-11-16(14-21)15-22/h9-10,13,16,22H,2-8,11-12,14-15,20H2,1H3. The van der Waals surface area contributed by atoms with Gasteiger partial charge in [0.05, 0.1) is 0 Å². The average molecular weight is 304 g/mol. The van der Waals surface area contributed by atoms with Crippen LogP contribution in [0.5, 0.6) is 0 Å². The van der Waals surface area contributed by atoms with Crippen molar-refractivity contribution >= 4 is 11.4 Å². The molecule has 124 valence electrons. The molecule has 0 amide bonds. The summed E-state index contributed by atoms with van der Waals surface area (Å²) in [6, 6.07) is 6.51. The second kappa shape index (κ2) is 9.04. The van der Waals surface area contributed by atoms with E-state index in [2.05, 4.69) is 30.0 Å². The molecular weight excluding hydrogens is 272 g/mol. The minimum atomic E-state index is 0.294. The van der Waals surface area contributed by atoms with Gasteiger partial charge in [-0.3, -0.25) is 0 Å². The third-order valence-electron chi connectivity index (χ3n) is 4.84. The fourth-order valence-electron chi connectivity index (χ4n) is 3.32. The Labute approximate surface area is 135 Å². The monoisotopic (exact) mass is 304 g/mol. The lowest BCUT2D eigenvalue weighted by Crippen LogP contribution is -2.20. The van der Waals surface area contributed by atoms with Gasteiger partial charge in [-0.1, -0.05) is 45.1 Å². The summed E-state index contributed by atoms with van der Waals surface area (Å²) in [4.78, 5) is 2.34. The van der Waals surface area contributed by atoms with Gasteiger partial charge in [-0.05, 0) is 37.0 Å². The molecule has 1 aliphatic rings. The van der Waals surface area contributed by atoms with Crippen LogP contribution in [0.4, 0.5) is 11.4 Å². The lowest BCUT2D eigenvalue weighted by molar-refractivity contribution is 0.238. The number of hydrogen-bond acceptors (Lipinski definition) is 3. The van der Waals surface area contributed by atoms with Crippen molar-refractivity contribution in [1.82, 2.24) is 0 Å². The number of benzene rings is 1. The number of anilines is 2. The molecule has 1 saturated heterocycles. The number of nitrogens with two attached hydrogens (primary N) is 1. The van der Waals surface area contributed by atoms with Gasteiger partial charge in [0.25, 0.3) is 0 Å². The van der Waals surface area contributed by atoms with E-state index in [-0.39, 0.29) is 0 Å². The molecule has 1 unspecified atom stereocenters. The fourth-order valence-corrected chi connectivity index (χ4v) is 3.32. The summed E-state index contributed by atoms with van der Waals surface area (Å²) in [5.41, 5.74) is 9.67. The van der Waals surface area contributed by atoms with Crippen LogP contribution in [0, 0.1) is 5.92 Å². The average Bonchev–Trinajstić information content (AvgIpc) is 3.01. The van der Waals surface area contributed by atoms with Crippen LogP contribution < -0.4 is 10.6 Å². The molecule has 22 heavy (non-hydrogen) atoms. The minimum Gasteiger partial charge on any atom is -0.398 e. The summed E-state index contributed by atoms with van der Waals surface area (Å²) in [6.45, 7) is 4.53. The lowest BCUT2D eigenvalue weighted by Gasteiger charge is -2.20. The maximum Gasteiger partial charge on any atom is 0.0476 e. The van der Waals surface area contributed by atoms with E-state index in [9.17, 15) is 5.11 Å². The van der Waals surface area contributed by atoms with Crippen molar-refractivity contribution in [2.45, 2.75) is 58.3 Å². The number of aliphatic hydroxyl groups is 1. The number of hydrogen-bond donors (Lipinski definition) is 2. The van der Waals surface area contributed by atoms with Gasteiger partial charge in [-0.2, -0.15) is 0 Å². The van der Waals surface area contributed by atoms with Crippen molar-refractivity contribution in [1.29, 1.82) is 0 Å². The quantitative estimate of drug-likeness (QED) is 0.536.